The molecule has 13 nitrogen and oxygen atoms in total. The Kier molecular flexibility index (Phi) is 21.7. The van der Waals surface area contributed by atoms with E-state index in [1.54, 1.807) is 23.9 Å². The van der Waals surface area contributed by atoms with Gasteiger partial charge in [-0.2, -0.15) is 0 Å². The summed E-state index contributed by atoms with van der Waals surface area (Å²) in [6, 6.07) is 18.7. The first-order chi connectivity index (χ1) is 32.2. The number of amides is 6. The molecular formula is C53H83FN4O9. The van der Waals surface area contributed by atoms with Gasteiger partial charge in [-0.25, -0.2) is 14.9 Å². The number of benzene rings is 2. The molecule has 0 bridgehead atoms. The number of aliphatic hydroxyl groups excluding tert-OH is 2. The van der Waals surface area contributed by atoms with E-state index in [2.05, 4.69) is 13.8 Å². The van der Waals surface area contributed by atoms with Crippen LogP contribution in [0.15, 0.2) is 60.7 Å². The van der Waals surface area contributed by atoms with Crippen LogP contribution >= 0.6 is 0 Å². The smallest absolute Gasteiger partial charge is 0.327 e. The Balaban J connectivity index is 0.000000275. The highest BCUT2D eigenvalue weighted by Crippen LogP contribution is 2.47. The van der Waals surface area contributed by atoms with Crippen LogP contribution in [-0.2, 0) is 14.4 Å². The summed E-state index contributed by atoms with van der Waals surface area (Å²) < 4.78 is 8.50. The Morgan fingerprint density at radius 2 is 1.00 bits per heavy atom. The summed E-state index contributed by atoms with van der Waals surface area (Å²) in [5.41, 5.74) is 0.334. The van der Waals surface area contributed by atoms with E-state index in [1.807, 2.05) is 74.5 Å². The fourth-order valence-corrected chi connectivity index (χ4v) is 11.3. The van der Waals surface area contributed by atoms with Gasteiger partial charge in [0, 0.05) is 21.4 Å². The monoisotopic (exact) mass is 941 g/mol. The first kappa shape index (κ1) is 55.2. The van der Waals surface area contributed by atoms with Gasteiger partial charge in [0.2, 0.25) is 11.8 Å². The molecule has 2 aromatic carbocycles. The van der Waals surface area contributed by atoms with Crippen LogP contribution in [-0.4, -0.2) is 108 Å². The summed E-state index contributed by atoms with van der Waals surface area (Å²) in [5.74, 6) is -0.936. The van der Waals surface area contributed by atoms with Crippen molar-refractivity contribution in [3.05, 3.63) is 71.8 Å². The summed E-state index contributed by atoms with van der Waals surface area (Å²) in [6.45, 7) is 8.16. The highest BCUT2D eigenvalue weighted by atomic mass is 19.3. The van der Waals surface area contributed by atoms with Crippen LogP contribution in [0.25, 0.3) is 0 Å². The summed E-state index contributed by atoms with van der Waals surface area (Å²) >= 11 is 0. The van der Waals surface area contributed by atoms with E-state index in [-0.39, 0.29) is 55.4 Å². The molecule has 5 fully saturated rings. The number of aliphatic hydroxyl groups is 2. The molecule has 7 rings (SSSR count). The number of carbonyl (C=O) groups excluding carboxylic acids is 4. The van der Waals surface area contributed by atoms with E-state index in [9.17, 15) is 39.3 Å². The molecule has 6 atom stereocenters. The Morgan fingerprint density at radius 1 is 0.627 bits per heavy atom. The minimum Gasteiger partial charge on any atom is -0.481 e. The molecular weight excluding hydrogens is 856 g/mol. The number of carboxylic acids is 1. The van der Waals surface area contributed by atoms with E-state index in [0.29, 0.717) is 38.5 Å². The Hall–Kier alpha value is -4.40. The van der Waals surface area contributed by atoms with E-state index in [0.717, 1.165) is 101 Å². The zero-order valence-corrected chi connectivity index (χ0v) is 41.2. The maximum Gasteiger partial charge on any atom is 0.327 e. The van der Waals surface area contributed by atoms with E-state index in [1.165, 1.54) is 16.2 Å². The molecule has 2 saturated heterocycles. The summed E-state index contributed by atoms with van der Waals surface area (Å²) in [6.07, 6.45) is 17.5. The molecule has 3 unspecified atom stereocenters. The van der Waals surface area contributed by atoms with Crippen molar-refractivity contribution in [1.82, 2.24) is 19.6 Å². The SMILES string of the molecule is CCCCC(O)C1(C(=O)N2C(=O)N(C)[C@@H](C)C2c2ccccc2)CCCCC1.CCCC[C@H](O)C1(C(=O)O)CCCCC1.C[C@H]1C(c2ccccc2)N(C(=O)C2CCCCC2)C(=O)N1C.OF.[3HH]. The minimum atomic E-state index is -0.840. The molecule has 67 heavy (non-hydrogen) atoms. The average molecular weight is 941 g/mol. The molecule has 2 heterocycles. The Bertz CT molecular complexity index is 1860. The zero-order chi connectivity index (χ0) is 49.3. The lowest BCUT2D eigenvalue weighted by atomic mass is 9.67. The number of unbranched alkanes of at least 4 members (excludes halogenated alkanes) is 2. The fraction of sp³-hybridized carbons (Fsp3) is 0.679. The number of imide groups is 2. The van der Waals surface area contributed by atoms with Crippen LogP contribution in [0.4, 0.5) is 14.1 Å². The van der Waals surface area contributed by atoms with Crippen molar-refractivity contribution in [1.29, 1.82) is 0 Å². The van der Waals surface area contributed by atoms with Crippen molar-refractivity contribution in [2.24, 2.45) is 16.7 Å². The molecule has 5 aliphatic rings. The lowest BCUT2D eigenvalue weighted by Crippen LogP contribution is -2.53. The summed E-state index contributed by atoms with van der Waals surface area (Å²) in [5, 5.41) is 35.9. The second-order valence-electron chi connectivity index (χ2n) is 19.8. The van der Waals surface area contributed by atoms with Crippen LogP contribution < -0.4 is 0 Å². The molecule has 3 saturated carbocycles. The second-order valence-corrected chi connectivity index (χ2v) is 19.8. The highest BCUT2D eigenvalue weighted by Gasteiger charge is 2.55. The van der Waals surface area contributed by atoms with Gasteiger partial charge < -0.3 is 25.1 Å². The largest absolute Gasteiger partial charge is 0.481 e. The van der Waals surface area contributed by atoms with Gasteiger partial charge in [-0.1, -0.05) is 163 Å². The molecule has 2 aromatic rings. The lowest BCUT2D eigenvalue weighted by molar-refractivity contribution is -0.160. The van der Waals surface area contributed by atoms with Gasteiger partial charge in [0.25, 0.3) is 0 Å². The molecule has 3 aliphatic carbocycles. The lowest BCUT2D eigenvalue weighted by Gasteiger charge is -2.42. The fourth-order valence-electron chi connectivity index (χ4n) is 11.3. The molecule has 2 aliphatic heterocycles. The summed E-state index contributed by atoms with van der Waals surface area (Å²) in [4.78, 5) is 70.3. The number of carbonyl (C=O) groups is 5. The zero-order valence-electron chi connectivity index (χ0n) is 41.2. The number of carboxylic acid groups (broad SMARTS) is 1. The van der Waals surface area contributed by atoms with Gasteiger partial charge >= 0.3 is 18.0 Å². The van der Waals surface area contributed by atoms with Gasteiger partial charge in [0.15, 0.2) is 0 Å². The van der Waals surface area contributed by atoms with E-state index >= 15 is 0 Å². The van der Waals surface area contributed by atoms with Gasteiger partial charge in [-0.05, 0) is 76.3 Å². The van der Waals surface area contributed by atoms with Gasteiger partial charge in [-0.15, -0.1) is 0 Å². The second kappa shape index (κ2) is 26.4. The third kappa shape index (κ3) is 12.6. The van der Waals surface area contributed by atoms with E-state index in [4.69, 9.17) is 9.84 Å². The number of hydrogen-bond acceptors (Lipinski definition) is 8. The molecule has 0 radical (unpaired) electrons. The quantitative estimate of drug-likeness (QED) is 0.152. The normalized spacial score (nSPS) is 24.6. The van der Waals surface area contributed by atoms with Crippen LogP contribution in [0.1, 0.15) is 187 Å². The third-order valence-electron chi connectivity index (χ3n) is 15.7. The maximum atomic E-state index is 13.9. The van der Waals surface area contributed by atoms with Crippen LogP contribution in [0.5, 0.6) is 0 Å². The Labute approximate surface area is 400 Å². The third-order valence-corrected chi connectivity index (χ3v) is 15.7. The Morgan fingerprint density at radius 3 is 1.42 bits per heavy atom. The van der Waals surface area contributed by atoms with Crippen molar-refractivity contribution in [3.63, 3.8) is 0 Å². The van der Waals surface area contributed by atoms with E-state index < -0.39 is 29.0 Å². The minimum absolute atomic E-state index is 0. The number of aliphatic carboxylic acids is 1. The van der Waals surface area contributed by atoms with Gasteiger partial charge in [-0.3, -0.25) is 24.2 Å². The highest BCUT2D eigenvalue weighted by molar-refractivity contribution is 6.00. The van der Waals surface area contributed by atoms with Crippen LogP contribution in [0.3, 0.4) is 0 Å². The summed E-state index contributed by atoms with van der Waals surface area (Å²) in [7, 11) is 3.55. The number of likely N-dealkylation sites (N-methyl/N-ethyl adjacent to an activating group) is 2. The van der Waals surface area contributed by atoms with Crippen molar-refractivity contribution in [2.75, 3.05) is 14.1 Å². The first-order valence-corrected chi connectivity index (χ1v) is 25.2. The number of hydrogen-bond donors (Lipinski definition) is 4. The molecule has 0 aromatic heterocycles. The molecule has 14 heteroatoms. The maximum absolute atomic E-state index is 13.9. The van der Waals surface area contributed by atoms with Crippen molar-refractivity contribution < 1.29 is 50.6 Å². The van der Waals surface area contributed by atoms with Crippen molar-refractivity contribution in [3.8, 4) is 0 Å². The van der Waals surface area contributed by atoms with Crippen LogP contribution in [0, 0.1) is 16.7 Å². The van der Waals surface area contributed by atoms with Crippen LogP contribution in [0.2, 0.25) is 0 Å². The number of nitrogens with zero attached hydrogens (tertiary/aromatic N) is 4. The number of halogens is 1. The van der Waals surface area contributed by atoms with Crippen molar-refractivity contribution in [2.45, 2.75) is 199 Å². The number of rotatable bonds is 13. The van der Waals surface area contributed by atoms with Gasteiger partial charge in [0.1, 0.15) is 0 Å². The molecule has 4 N–H and O–H groups in total. The number of urea groups is 2. The van der Waals surface area contributed by atoms with Crippen molar-refractivity contribution >= 4 is 29.8 Å². The standard InChI is InChI=1S/C23H34N2O3.C18H24N2O2.C12H22O3.FHO.H2/c1-4-5-14-19(26)23(15-10-7-11-16-23)21(27)25-20(17(2)24(3)22(25)28)18-12-8-6-9-13-18;1-13-16(14-9-5-3-6-10-14)20(18(22)19(13)2)17(21)15-11-7-4-8-12-15;1-2-3-7-10(13)12(11(14)15)8-5-4-6-9-12;1-2;/h6,8-9,12-13,17,19-20,26H,4-5,7,10-11,14-16H2,1-3H3;3,5-6,9-10,13,15-16H,4,7-8,11-12H2,1-2H3;10,13H,2-9H2,1H3,(H,14,15);2H;1H/t17-,19?,20?;13-,16?;10-;;/m000../s1/i;;;;1+2. The molecule has 6 amide bonds. The topological polar surface area (TPSA) is 179 Å². The predicted octanol–water partition coefficient (Wildman–Crippen LogP) is 10.8. The molecule has 0 spiro atoms. The first-order valence-electron chi connectivity index (χ1n) is 25.2. The molecule has 376 valence electrons. The average Bonchev–Trinajstić information content (AvgIpc) is 3.74. The van der Waals surface area contributed by atoms with Gasteiger partial charge in [0.05, 0.1) is 47.2 Å². The predicted molar refractivity (Wildman–Crippen MR) is 259 cm³/mol.